The van der Waals surface area contributed by atoms with E-state index in [-0.39, 0.29) is 24.0 Å². The molecule has 0 spiro atoms. The molecule has 1 heterocycles. The number of amides is 1. The van der Waals surface area contributed by atoms with Gasteiger partial charge in [-0.1, -0.05) is 17.7 Å². The molecule has 0 bridgehead atoms. The lowest BCUT2D eigenvalue weighted by atomic mass is 10.1. The Morgan fingerprint density at radius 3 is 1.85 bits per heavy atom. The van der Waals surface area contributed by atoms with Crippen molar-refractivity contribution in [2.24, 2.45) is 0 Å². The van der Waals surface area contributed by atoms with Gasteiger partial charge in [-0.25, -0.2) is 8.42 Å². The maximum atomic E-state index is 12.9. The van der Waals surface area contributed by atoms with Crippen molar-refractivity contribution in [2.45, 2.75) is 64.6 Å². The molecular formula is C20H33N3O3S. The van der Waals surface area contributed by atoms with Gasteiger partial charge in [0.25, 0.3) is 0 Å². The number of hydrogen-bond acceptors (Lipinski definition) is 4. The molecule has 1 fully saturated rings. The molecule has 1 aliphatic heterocycles. The van der Waals surface area contributed by atoms with Gasteiger partial charge in [0.05, 0.1) is 10.9 Å². The van der Waals surface area contributed by atoms with Crippen LogP contribution < -0.4 is 0 Å². The normalized spacial score (nSPS) is 18.1. The van der Waals surface area contributed by atoms with E-state index in [1.165, 1.54) is 4.31 Å². The summed E-state index contributed by atoms with van der Waals surface area (Å²) in [6, 6.07) is 6.98. The van der Waals surface area contributed by atoms with Crippen molar-refractivity contribution < 1.29 is 13.2 Å². The standard InChI is InChI=1S/C20H33N3O3S/c1-15(2)23(16(3)4)20(24)18(6)21-11-13-22(14-12-21)27(25,26)19-9-7-17(5)8-10-19/h7-10,15-16,18H,11-14H2,1-6H3/t18-/m0/s1. The zero-order valence-corrected chi connectivity index (χ0v) is 18.2. The summed E-state index contributed by atoms with van der Waals surface area (Å²) in [5, 5.41) is 0. The Morgan fingerprint density at radius 2 is 1.41 bits per heavy atom. The van der Waals surface area contributed by atoms with Crippen molar-refractivity contribution in [2.75, 3.05) is 26.2 Å². The van der Waals surface area contributed by atoms with E-state index in [2.05, 4.69) is 4.90 Å². The number of benzene rings is 1. The molecule has 0 aromatic heterocycles. The van der Waals surface area contributed by atoms with Crippen LogP contribution in [0.1, 0.15) is 40.2 Å². The number of carbonyl (C=O) groups is 1. The minimum atomic E-state index is -3.48. The van der Waals surface area contributed by atoms with E-state index in [1.807, 2.05) is 58.6 Å². The largest absolute Gasteiger partial charge is 0.336 e. The van der Waals surface area contributed by atoms with Gasteiger partial charge in [0.2, 0.25) is 15.9 Å². The average molecular weight is 396 g/mol. The molecule has 0 unspecified atom stereocenters. The first-order valence-corrected chi connectivity index (χ1v) is 11.1. The first-order chi connectivity index (χ1) is 12.6. The van der Waals surface area contributed by atoms with Crippen LogP contribution in [0.3, 0.4) is 0 Å². The average Bonchev–Trinajstić information content (AvgIpc) is 2.61. The van der Waals surface area contributed by atoms with Crippen molar-refractivity contribution >= 4 is 15.9 Å². The fourth-order valence-electron chi connectivity index (χ4n) is 3.67. The van der Waals surface area contributed by atoms with Gasteiger partial charge in [0, 0.05) is 38.3 Å². The second-order valence-electron chi connectivity index (χ2n) is 7.86. The van der Waals surface area contributed by atoms with E-state index in [9.17, 15) is 13.2 Å². The van der Waals surface area contributed by atoms with Crippen LogP contribution in [0.2, 0.25) is 0 Å². The van der Waals surface area contributed by atoms with Crippen LogP contribution in [0.15, 0.2) is 29.2 Å². The SMILES string of the molecule is Cc1ccc(S(=O)(=O)N2CCN([C@@H](C)C(=O)N(C(C)C)C(C)C)CC2)cc1. The molecule has 0 radical (unpaired) electrons. The number of piperazine rings is 1. The lowest BCUT2D eigenvalue weighted by Crippen LogP contribution is -2.57. The van der Waals surface area contributed by atoms with E-state index in [1.54, 1.807) is 12.1 Å². The molecule has 152 valence electrons. The molecule has 6 nitrogen and oxygen atoms in total. The Kier molecular flexibility index (Phi) is 7.05. The van der Waals surface area contributed by atoms with Gasteiger partial charge in [0.1, 0.15) is 0 Å². The van der Waals surface area contributed by atoms with Crippen LogP contribution in [0.5, 0.6) is 0 Å². The van der Waals surface area contributed by atoms with Crippen LogP contribution in [0, 0.1) is 6.92 Å². The zero-order valence-electron chi connectivity index (χ0n) is 17.3. The fourth-order valence-corrected chi connectivity index (χ4v) is 5.09. The van der Waals surface area contributed by atoms with E-state index < -0.39 is 10.0 Å². The van der Waals surface area contributed by atoms with Gasteiger partial charge in [-0.3, -0.25) is 9.69 Å². The quantitative estimate of drug-likeness (QED) is 0.742. The molecule has 1 aliphatic rings. The Balaban J connectivity index is 2.04. The minimum Gasteiger partial charge on any atom is -0.336 e. The first kappa shape index (κ1) is 21.9. The highest BCUT2D eigenvalue weighted by Crippen LogP contribution is 2.20. The second kappa shape index (κ2) is 8.71. The van der Waals surface area contributed by atoms with Crippen molar-refractivity contribution in [1.29, 1.82) is 0 Å². The summed E-state index contributed by atoms with van der Waals surface area (Å²) in [4.78, 5) is 17.2. The molecule has 0 aliphatic carbocycles. The predicted molar refractivity (Wildman–Crippen MR) is 108 cm³/mol. The maximum Gasteiger partial charge on any atom is 0.243 e. The third-order valence-corrected chi connectivity index (χ3v) is 7.12. The van der Waals surface area contributed by atoms with Crippen molar-refractivity contribution in [3.63, 3.8) is 0 Å². The van der Waals surface area contributed by atoms with E-state index in [0.717, 1.165) is 5.56 Å². The number of sulfonamides is 1. The summed E-state index contributed by atoms with van der Waals surface area (Å²) < 4.78 is 27.2. The molecule has 0 saturated carbocycles. The summed E-state index contributed by atoms with van der Waals surface area (Å²) in [7, 11) is -3.48. The molecular weight excluding hydrogens is 362 g/mol. The summed E-state index contributed by atoms with van der Waals surface area (Å²) in [6.07, 6.45) is 0. The Bertz CT molecular complexity index is 728. The minimum absolute atomic E-state index is 0.106. The van der Waals surface area contributed by atoms with E-state index in [0.29, 0.717) is 31.1 Å². The molecule has 1 aromatic rings. The van der Waals surface area contributed by atoms with Crippen LogP contribution in [0.4, 0.5) is 0 Å². The summed E-state index contributed by atoms with van der Waals surface area (Å²) in [5.74, 6) is 0.106. The number of aryl methyl sites for hydroxylation is 1. The topological polar surface area (TPSA) is 60.9 Å². The van der Waals surface area contributed by atoms with Crippen molar-refractivity contribution in [3.05, 3.63) is 29.8 Å². The van der Waals surface area contributed by atoms with Gasteiger partial charge >= 0.3 is 0 Å². The van der Waals surface area contributed by atoms with Gasteiger partial charge in [0.15, 0.2) is 0 Å². The molecule has 27 heavy (non-hydrogen) atoms. The summed E-state index contributed by atoms with van der Waals surface area (Å²) >= 11 is 0. The summed E-state index contributed by atoms with van der Waals surface area (Å²) in [6.45, 7) is 13.9. The van der Waals surface area contributed by atoms with E-state index >= 15 is 0 Å². The van der Waals surface area contributed by atoms with Gasteiger partial charge in [-0.05, 0) is 53.7 Å². The molecule has 1 atom stereocenters. The highest BCUT2D eigenvalue weighted by atomic mass is 32.2. The lowest BCUT2D eigenvalue weighted by Gasteiger charge is -2.40. The van der Waals surface area contributed by atoms with Gasteiger partial charge in [-0.15, -0.1) is 0 Å². The second-order valence-corrected chi connectivity index (χ2v) is 9.80. The van der Waals surface area contributed by atoms with Crippen molar-refractivity contribution in [1.82, 2.24) is 14.1 Å². The zero-order chi connectivity index (χ0) is 20.4. The van der Waals surface area contributed by atoms with Crippen molar-refractivity contribution in [3.8, 4) is 0 Å². The number of nitrogens with zero attached hydrogens (tertiary/aromatic N) is 3. The maximum absolute atomic E-state index is 12.9. The fraction of sp³-hybridized carbons (Fsp3) is 0.650. The number of carbonyl (C=O) groups excluding carboxylic acids is 1. The van der Waals surface area contributed by atoms with E-state index in [4.69, 9.17) is 0 Å². The molecule has 0 N–H and O–H groups in total. The molecule has 1 saturated heterocycles. The van der Waals surface area contributed by atoms with Crippen LogP contribution >= 0.6 is 0 Å². The Hall–Kier alpha value is -1.44. The highest BCUT2D eigenvalue weighted by molar-refractivity contribution is 7.89. The molecule has 1 aromatic carbocycles. The molecule has 2 rings (SSSR count). The lowest BCUT2D eigenvalue weighted by molar-refractivity contribution is -0.140. The number of rotatable bonds is 6. The van der Waals surface area contributed by atoms with Crippen LogP contribution in [-0.4, -0.2) is 72.7 Å². The third kappa shape index (κ3) is 4.89. The predicted octanol–water partition coefficient (Wildman–Crippen LogP) is 2.34. The summed E-state index contributed by atoms with van der Waals surface area (Å²) in [5.41, 5.74) is 1.03. The third-order valence-electron chi connectivity index (χ3n) is 5.20. The monoisotopic (exact) mass is 395 g/mol. The highest BCUT2D eigenvalue weighted by Gasteiger charge is 2.34. The smallest absolute Gasteiger partial charge is 0.243 e. The van der Waals surface area contributed by atoms with Crippen LogP contribution in [0.25, 0.3) is 0 Å². The van der Waals surface area contributed by atoms with Gasteiger partial charge < -0.3 is 4.90 Å². The number of hydrogen-bond donors (Lipinski definition) is 0. The van der Waals surface area contributed by atoms with Gasteiger partial charge in [-0.2, -0.15) is 4.31 Å². The first-order valence-electron chi connectivity index (χ1n) is 9.68. The Labute approximate surface area is 164 Å². The Morgan fingerprint density at radius 1 is 0.926 bits per heavy atom. The van der Waals surface area contributed by atoms with Crippen LogP contribution in [-0.2, 0) is 14.8 Å². The molecule has 1 amide bonds. The molecule has 7 heteroatoms.